The second kappa shape index (κ2) is 7.13. The number of H-pyrrole nitrogens is 1. The van der Waals surface area contributed by atoms with Crippen LogP contribution < -0.4 is 5.56 Å². The van der Waals surface area contributed by atoms with Crippen molar-refractivity contribution in [3.63, 3.8) is 0 Å². The van der Waals surface area contributed by atoms with E-state index in [1.807, 2.05) is 17.1 Å². The van der Waals surface area contributed by atoms with Gasteiger partial charge in [-0.25, -0.2) is 9.67 Å². The number of hydrogen-bond donors (Lipinski definition) is 1. The lowest BCUT2D eigenvalue weighted by atomic mass is 10.00. The zero-order chi connectivity index (χ0) is 19.1. The molecule has 7 heteroatoms. The Bertz CT molecular complexity index is 1020. The molecule has 1 N–H and O–H groups in total. The predicted molar refractivity (Wildman–Crippen MR) is 107 cm³/mol. The van der Waals surface area contributed by atoms with Gasteiger partial charge >= 0.3 is 0 Å². The first-order chi connectivity index (χ1) is 13.7. The van der Waals surface area contributed by atoms with Crippen LogP contribution in [-0.2, 0) is 0 Å². The monoisotopic (exact) mass is 378 g/mol. The predicted octanol–water partition coefficient (Wildman–Crippen LogP) is 3.18. The average molecular weight is 378 g/mol. The summed E-state index contributed by atoms with van der Waals surface area (Å²) in [4.78, 5) is 27.1. The number of pyridine rings is 1. The van der Waals surface area contributed by atoms with E-state index in [1.54, 1.807) is 6.20 Å². The number of aromatic nitrogens is 5. The highest BCUT2D eigenvalue weighted by molar-refractivity contribution is 5.73. The summed E-state index contributed by atoms with van der Waals surface area (Å²) >= 11 is 0. The van der Waals surface area contributed by atoms with Crippen molar-refractivity contribution < 1.29 is 0 Å². The van der Waals surface area contributed by atoms with E-state index in [0.29, 0.717) is 17.3 Å². The van der Waals surface area contributed by atoms with Crippen molar-refractivity contribution in [1.82, 2.24) is 29.6 Å². The third-order valence-electron chi connectivity index (χ3n) is 6.49. The van der Waals surface area contributed by atoms with Crippen molar-refractivity contribution in [2.75, 3.05) is 13.1 Å². The minimum absolute atomic E-state index is 0.0656. The van der Waals surface area contributed by atoms with E-state index in [0.717, 1.165) is 43.8 Å². The van der Waals surface area contributed by atoms with Crippen LogP contribution in [0, 0.1) is 0 Å². The van der Waals surface area contributed by atoms with Gasteiger partial charge in [-0.3, -0.25) is 14.7 Å². The van der Waals surface area contributed by atoms with Crippen LogP contribution in [-0.4, -0.2) is 42.7 Å². The maximum absolute atomic E-state index is 12.7. The molecule has 1 aliphatic carbocycles. The first-order valence-electron chi connectivity index (χ1n) is 10.3. The van der Waals surface area contributed by atoms with Crippen LogP contribution in [0.15, 0.2) is 35.5 Å². The van der Waals surface area contributed by atoms with Crippen molar-refractivity contribution in [3.8, 4) is 0 Å². The van der Waals surface area contributed by atoms with Crippen molar-refractivity contribution in [2.24, 2.45) is 0 Å². The van der Waals surface area contributed by atoms with Gasteiger partial charge in [0.1, 0.15) is 11.2 Å². The summed E-state index contributed by atoms with van der Waals surface area (Å²) in [5.74, 6) is 1.25. The molecular weight excluding hydrogens is 352 g/mol. The van der Waals surface area contributed by atoms with Gasteiger partial charge < -0.3 is 4.98 Å². The first-order valence-corrected chi connectivity index (χ1v) is 10.3. The van der Waals surface area contributed by atoms with Crippen molar-refractivity contribution in [2.45, 2.75) is 57.0 Å². The Balaban J connectivity index is 1.42. The van der Waals surface area contributed by atoms with Crippen LogP contribution in [0.2, 0.25) is 0 Å². The number of fused-ring (bicyclic) bond motifs is 1. The minimum Gasteiger partial charge on any atom is -0.309 e. The molecule has 1 aliphatic heterocycles. The number of aromatic amines is 1. The quantitative estimate of drug-likeness (QED) is 0.754. The molecule has 5 rings (SSSR count). The molecule has 0 spiro atoms. The smallest absolute Gasteiger partial charge is 0.262 e. The summed E-state index contributed by atoms with van der Waals surface area (Å²) in [6.07, 6.45) is 11.2. The van der Waals surface area contributed by atoms with E-state index in [2.05, 4.69) is 39.0 Å². The number of nitrogens with zero attached hydrogens (tertiary/aromatic N) is 5. The molecule has 1 saturated carbocycles. The van der Waals surface area contributed by atoms with Crippen LogP contribution in [0.1, 0.15) is 68.4 Å². The molecule has 0 radical (unpaired) electrons. The highest BCUT2D eigenvalue weighted by Crippen LogP contribution is 2.33. The largest absolute Gasteiger partial charge is 0.309 e. The minimum atomic E-state index is -0.0824. The number of rotatable bonds is 4. The maximum atomic E-state index is 12.7. The summed E-state index contributed by atoms with van der Waals surface area (Å²) in [5.41, 5.74) is 1.99. The Labute approximate surface area is 163 Å². The van der Waals surface area contributed by atoms with Gasteiger partial charge in [0.05, 0.1) is 18.3 Å². The molecule has 7 nitrogen and oxygen atoms in total. The van der Waals surface area contributed by atoms with E-state index < -0.39 is 0 Å². The van der Waals surface area contributed by atoms with E-state index in [1.165, 1.54) is 18.4 Å². The molecule has 3 aromatic heterocycles. The van der Waals surface area contributed by atoms with Crippen LogP contribution in [0.4, 0.5) is 0 Å². The van der Waals surface area contributed by atoms with Gasteiger partial charge in [0.2, 0.25) is 0 Å². The highest BCUT2D eigenvalue weighted by Gasteiger charge is 2.30. The molecule has 0 bridgehead atoms. The Kier molecular flexibility index (Phi) is 4.47. The lowest BCUT2D eigenvalue weighted by Crippen LogP contribution is -2.28. The third-order valence-corrected chi connectivity index (χ3v) is 6.49. The molecule has 2 atom stereocenters. The van der Waals surface area contributed by atoms with Gasteiger partial charge in [-0.05, 0) is 56.3 Å². The molecule has 146 valence electrons. The second-order valence-electron chi connectivity index (χ2n) is 8.15. The summed E-state index contributed by atoms with van der Waals surface area (Å²) in [7, 11) is 0. The Morgan fingerprint density at radius 2 is 1.96 bits per heavy atom. The average Bonchev–Trinajstić information content (AvgIpc) is 3.47. The zero-order valence-electron chi connectivity index (χ0n) is 16.2. The van der Waals surface area contributed by atoms with Crippen LogP contribution in [0.25, 0.3) is 11.0 Å². The third kappa shape index (κ3) is 3.03. The molecular formula is C21H26N6O. The molecule has 2 fully saturated rings. The van der Waals surface area contributed by atoms with Gasteiger partial charge in [-0.2, -0.15) is 5.10 Å². The van der Waals surface area contributed by atoms with E-state index in [4.69, 9.17) is 4.98 Å². The molecule has 3 aromatic rings. The fourth-order valence-electron chi connectivity index (χ4n) is 4.79. The van der Waals surface area contributed by atoms with Crippen molar-refractivity contribution in [1.29, 1.82) is 0 Å². The normalized spacial score (nSPS) is 22.2. The van der Waals surface area contributed by atoms with Crippen LogP contribution in [0.5, 0.6) is 0 Å². The van der Waals surface area contributed by atoms with Crippen molar-refractivity contribution >= 4 is 11.0 Å². The molecule has 2 unspecified atom stereocenters. The Morgan fingerprint density at radius 3 is 2.75 bits per heavy atom. The summed E-state index contributed by atoms with van der Waals surface area (Å²) in [6, 6.07) is 4.64. The molecule has 0 amide bonds. The first kappa shape index (κ1) is 17.6. The lowest BCUT2D eigenvalue weighted by molar-refractivity contribution is 0.250. The van der Waals surface area contributed by atoms with Crippen LogP contribution in [0.3, 0.4) is 0 Å². The van der Waals surface area contributed by atoms with Gasteiger partial charge in [-0.1, -0.05) is 12.8 Å². The lowest BCUT2D eigenvalue weighted by Gasteiger charge is -2.23. The van der Waals surface area contributed by atoms with Crippen LogP contribution >= 0.6 is 0 Å². The fourth-order valence-corrected chi connectivity index (χ4v) is 4.79. The van der Waals surface area contributed by atoms with Gasteiger partial charge in [0, 0.05) is 18.9 Å². The molecule has 28 heavy (non-hydrogen) atoms. The number of hydrogen-bond acceptors (Lipinski definition) is 5. The zero-order valence-corrected chi connectivity index (χ0v) is 16.2. The number of nitrogens with one attached hydrogen (secondary N) is 1. The maximum Gasteiger partial charge on any atom is 0.262 e. The Morgan fingerprint density at radius 1 is 1.18 bits per heavy atom. The topological polar surface area (TPSA) is 79.7 Å². The second-order valence-corrected chi connectivity index (χ2v) is 8.15. The molecule has 0 aromatic carbocycles. The Hall–Kier alpha value is -2.54. The van der Waals surface area contributed by atoms with Gasteiger partial charge in [0.15, 0.2) is 5.65 Å². The standard InChI is InChI=1S/C21H26N6O/c1-14(26-11-8-16(13-26)15-6-9-22-10-7-15)19-24-20-18(21(28)25-19)12-23-27(20)17-4-2-3-5-17/h6-7,9-10,12,14,16-17H,2-5,8,11,13H2,1H3,(H,24,25,28). The van der Waals surface area contributed by atoms with E-state index in [9.17, 15) is 4.79 Å². The van der Waals surface area contributed by atoms with Gasteiger partial charge in [-0.15, -0.1) is 0 Å². The molecule has 1 saturated heterocycles. The van der Waals surface area contributed by atoms with E-state index in [-0.39, 0.29) is 11.6 Å². The summed E-state index contributed by atoms with van der Waals surface area (Å²) < 4.78 is 1.98. The SMILES string of the molecule is CC(c1nc2c(cnn2C2CCCC2)c(=O)[nH]1)N1CCC(c2ccncc2)C1. The fraction of sp³-hybridized carbons (Fsp3) is 0.524. The van der Waals surface area contributed by atoms with Gasteiger partial charge in [0.25, 0.3) is 5.56 Å². The summed E-state index contributed by atoms with van der Waals surface area (Å²) in [5, 5.41) is 5.10. The molecule has 2 aliphatic rings. The highest BCUT2D eigenvalue weighted by atomic mass is 16.1. The molecule has 4 heterocycles. The van der Waals surface area contributed by atoms with E-state index >= 15 is 0 Å². The van der Waals surface area contributed by atoms with Crippen molar-refractivity contribution in [3.05, 3.63) is 52.5 Å². The number of likely N-dealkylation sites (tertiary alicyclic amines) is 1. The summed E-state index contributed by atoms with van der Waals surface area (Å²) in [6.45, 7) is 4.10.